The largest absolute Gasteiger partial charge is 0.354 e. The summed E-state index contributed by atoms with van der Waals surface area (Å²) in [4.78, 5) is 11.8. The first-order chi connectivity index (χ1) is 8.09. The van der Waals surface area contributed by atoms with Gasteiger partial charge in [-0.25, -0.2) is 8.42 Å². The van der Waals surface area contributed by atoms with Gasteiger partial charge in [0.15, 0.2) is 9.84 Å². The zero-order chi connectivity index (χ0) is 12.3. The Labute approximate surface area is 102 Å². The highest BCUT2D eigenvalue weighted by Crippen LogP contribution is 2.19. The Morgan fingerprint density at radius 1 is 1.12 bits per heavy atom. The van der Waals surface area contributed by atoms with Gasteiger partial charge in [-0.1, -0.05) is 6.42 Å². The lowest BCUT2D eigenvalue weighted by atomic mass is 10.2. The van der Waals surface area contributed by atoms with Crippen LogP contribution in [0.15, 0.2) is 0 Å². The Balaban J connectivity index is 1.73. The van der Waals surface area contributed by atoms with Crippen LogP contribution in [0.5, 0.6) is 0 Å². The SMILES string of the molecule is O=C(NCCNC1CC1)C1CCCCS1(=O)=O. The first-order valence-corrected chi connectivity index (χ1v) is 8.04. The van der Waals surface area contributed by atoms with Crippen molar-refractivity contribution in [3.63, 3.8) is 0 Å². The van der Waals surface area contributed by atoms with Gasteiger partial charge in [-0.3, -0.25) is 4.79 Å². The lowest BCUT2D eigenvalue weighted by Gasteiger charge is -2.21. The predicted octanol–water partition coefficient (Wildman–Crippen LogP) is -0.178. The van der Waals surface area contributed by atoms with Crippen LogP contribution in [0.3, 0.4) is 0 Å². The zero-order valence-corrected chi connectivity index (χ0v) is 10.8. The molecule has 1 saturated heterocycles. The smallest absolute Gasteiger partial charge is 0.238 e. The summed E-state index contributed by atoms with van der Waals surface area (Å²) in [7, 11) is -3.20. The van der Waals surface area contributed by atoms with Gasteiger partial charge in [0.25, 0.3) is 0 Å². The molecule has 1 saturated carbocycles. The second-order valence-electron chi connectivity index (χ2n) is 4.87. The van der Waals surface area contributed by atoms with Gasteiger partial charge in [0, 0.05) is 19.1 Å². The minimum atomic E-state index is -3.20. The number of amides is 1. The van der Waals surface area contributed by atoms with Crippen molar-refractivity contribution in [2.75, 3.05) is 18.8 Å². The number of carbonyl (C=O) groups is 1. The minimum Gasteiger partial charge on any atom is -0.354 e. The fraction of sp³-hybridized carbons (Fsp3) is 0.909. The van der Waals surface area contributed by atoms with Crippen LogP contribution in [0, 0.1) is 0 Å². The van der Waals surface area contributed by atoms with Gasteiger partial charge in [-0.05, 0) is 25.7 Å². The van der Waals surface area contributed by atoms with E-state index in [0.717, 1.165) is 13.0 Å². The Kier molecular flexibility index (Phi) is 4.04. The lowest BCUT2D eigenvalue weighted by molar-refractivity contribution is -0.120. The van der Waals surface area contributed by atoms with Crippen LogP contribution < -0.4 is 10.6 Å². The summed E-state index contributed by atoms with van der Waals surface area (Å²) in [6.45, 7) is 1.24. The fourth-order valence-corrected chi connectivity index (χ4v) is 3.94. The van der Waals surface area contributed by atoms with E-state index in [4.69, 9.17) is 0 Å². The number of nitrogens with one attached hydrogen (secondary N) is 2. The molecular formula is C11H20N2O3S. The molecule has 0 spiro atoms. The number of hydrogen-bond donors (Lipinski definition) is 2. The molecule has 1 amide bonds. The molecule has 0 aromatic rings. The zero-order valence-electron chi connectivity index (χ0n) is 9.94. The first kappa shape index (κ1) is 12.8. The summed E-state index contributed by atoms with van der Waals surface area (Å²) in [6.07, 6.45) is 4.42. The Hall–Kier alpha value is -0.620. The van der Waals surface area contributed by atoms with Crippen LogP contribution in [-0.2, 0) is 14.6 Å². The van der Waals surface area contributed by atoms with E-state index in [1.807, 2.05) is 0 Å². The molecule has 0 aromatic carbocycles. The van der Waals surface area contributed by atoms with E-state index in [2.05, 4.69) is 10.6 Å². The molecule has 0 bridgehead atoms. The molecular weight excluding hydrogens is 240 g/mol. The average Bonchev–Trinajstić information content (AvgIpc) is 3.07. The Morgan fingerprint density at radius 2 is 1.88 bits per heavy atom. The topological polar surface area (TPSA) is 75.3 Å². The number of rotatable bonds is 5. The molecule has 6 heteroatoms. The van der Waals surface area contributed by atoms with E-state index >= 15 is 0 Å². The molecule has 2 N–H and O–H groups in total. The van der Waals surface area contributed by atoms with Crippen molar-refractivity contribution in [2.45, 2.75) is 43.4 Å². The summed E-state index contributed by atoms with van der Waals surface area (Å²) >= 11 is 0. The molecule has 2 rings (SSSR count). The number of hydrogen-bond acceptors (Lipinski definition) is 4. The van der Waals surface area contributed by atoms with Crippen molar-refractivity contribution >= 4 is 15.7 Å². The summed E-state index contributed by atoms with van der Waals surface area (Å²) in [5.74, 6) is -0.159. The van der Waals surface area contributed by atoms with Crippen LogP contribution in [0.25, 0.3) is 0 Å². The maximum absolute atomic E-state index is 11.8. The minimum absolute atomic E-state index is 0.158. The number of carbonyl (C=O) groups excluding carboxylic acids is 1. The summed E-state index contributed by atoms with van der Waals surface area (Å²) in [6, 6.07) is 0.616. The molecule has 98 valence electrons. The molecule has 0 aromatic heterocycles. The van der Waals surface area contributed by atoms with E-state index in [1.54, 1.807) is 0 Å². The highest BCUT2D eigenvalue weighted by Gasteiger charge is 2.34. The lowest BCUT2D eigenvalue weighted by Crippen LogP contribution is -2.44. The van der Waals surface area contributed by atoms with Crippen molar-refractivity contribution < 1.29 is 13.2 Å². The van der Waals surface area contributed by atoms with Crippen molar-refractivity contribution in [3.05, 3.63) is 0 Å². The molecule has 17 heavy (non-hydrogen) atoms. The molecule has 1 unspecified atom stereocenters. The Bertz CT molecular complexity index is 376. The van der Waals surface area contributed by atoms with Gasteiger partial charge in [0.05, 0.1) is 5.75 Å². The monoisotopic (exact) mass is 260 g/mol. The first-order valence-electron chi connectivity index (χ1n) is 6.32. The van der Waals surface area contributed by atoms with Crippen LogP contribution in [0.1, 0.15) is 32.1 Å². The van der Waals surface area contributed by atoms with E-state index in [-0.39, 0.29) is 11.7 Å². The predicted molar refractivity (Wildman–Crippen MR) is 65.5 cm³/mol. The van der Waals surface area contributed by atoms with Crippen molar-refractivity contribution in [3.8, 4) is 0 Å². The maximum atomic E-state index is 11.8. The summed E-state index contributed by atoms with van der Waals surface area (Å²) in [5.41, 5.74) is 0. The van der Waals surface area contributed by atoms with Crippen molar-refractivity contribution in [1.29, 1.82) is 0 Å². The fourth-order valence-electron chi connectivity index (χ4n) is 2.11. The molecule has 1 heterocycles. The second-order valence-corrected chi connectivity index (χ2v) is 7.17. The molecule has 2 fully saturated rings. The molecule has 1 aliphatic heterocycles. The van der Waals surface area contributed by atoms with Gasteiger partial charge in [0.2, 0.25) is 5.91 Å². The third-order valence-corrected chi connectivity index (χ3v) is 5.48. The van der Waals surface area contributed by atoms with Gasteiger partial charge in [-0.15, -0.1) is 0 Å². The molecule has 2 aliphatic rings. The van der Waals surface area contributed by atoms with E-state index in [1.165, 1.54) is 12.8 Å². The highest BCUT2D eigenvalue weighted by atomic mass is 32.2. The Morgan fingerprint density at radius 3 is 2.53 bits per heavy atom. The van der Waals surface area contributed by atoms with E-state index < -0.39 is 15.1 Å². The highest BCUT2D eigenvalue weighted by molar-refractivity contribution is 7.92. The van der Waals surface area contributed by atoms with Crippen molar-refractivity contribution in [2.24, 2.45) is 0 Å². The molecule has 1 aliphatic carbocycles. The third-order valence-electron chi connectivity index (χ3n) is 3.31. The molecule has 0 radical (unpaired) electrons. The van der Waals surface area contributed by atoms with E-state index in [0.29, 0.717) is 25.4 Å². The standard InChI is InChI=1S/C11H20N2O3S/c14-11(13-7-6-12-9-4-5-9)10-3-1-2-8-17(10,15)16/h9-10,12H,1-8H2,(H,13,14). The van der Waals surface area contributed by atoms with Crippen LogP contribution in [0.4, 0.5) is 0 Å². The van der Waals surface area contributed by atoms with Crippen LogP contribution >= 0.6 is 0 Å². The molecule has 1 atom stereocenters. The quantitative estimate of drug-likeness (QED) is 0.673. The van der Waals surface area contributed by atoms with Crippen LogP contribution in [0.2, 0.25) is 0 Å². The summed E-state index contributed by atoms with van der Waals surface area (Å²) in [5, 5.41) is 5.17. The number of sulfone groups is 1. The normalized spacial score (nSPS) is 27.6. The second kappa shape index (κ2) is 5.35. The van der Waals surface area contributed by atoms with E-state index in [9.17, 15) is 13.2 Å². The third kappa shape index (κ3) is 3.67. The summed E-state index contributed by atoms with van der Waals surface area (Å²) < 4.78 is 23.4. The van der Waals surface area contributed by atoms with Crippen LogP contribution in [-0.4, -0.2) is 44.5 Å². The van der Waals surface area contributed by atoms with Crippen molar-refractivity contribution in [1.82, 2.24) is 10.6 Å². The van der Waals surface area contributed by atoms with Gasteiger partial charge in [0.1, 0.15) is 5.25 Å². The van der Waals surface area contributed by atoms with Gasteiger partial charge in [-0.2, -0.15) is 0 Å². The molecule has 5 nitrogen and oxygen atoms in total. The van der Waals surface area contributed by atoms with Gasteiger partial charge < -0.3 is 10.6 Å². The maximum Gasteiger partial charge on any atom is 0.238 e. The van der Waals surface area contributed by atoms with Gasteiger partial charge >= 0.3 is 0 Å². The average molecular weight is 260 g/mol.